The van der Waals surface area contributed by atoms with Gasteiger partial charge in [0, 0.05) is 34.9 Å². The first-order chi connectivity index (χ1) is 14.8. The van der Waals surface area contributed by atoms with Gasteiger partial charge in [-0.25, -0.2) is 9.37 Å². The summed E-state index contributed by atoms with van der Waals surface area (Å²) in [6, 6.07) is 11.8. The third kappa shape index (κ3) is 4.66. The molecule has 158 valence electrons. The van der Waals surface area contributed by atoms with Gasteiger partial charge in [0.05, 0.1) is 17.4 Å². The summed E-state index contributed by atoms with van der Waals surface area (Å²) in [6.07, 6.45) is -1.16. The Morgan fingerprint density at radius 2 is 1.87 bits per heavy atom. The Kier molecular flexibility index (Phi) is 5.33. The molecule has 0 saturated heterocycles. The van der Waals surface area contributed by atoms with Crippen molar-refractivity contribution in [1.82, 2.24) is 9.97 Å². The molecule has 2 aromatic heterocycles. The summed E-state index contributed by atoms with van der Waals surface area (Å²) >= 11 is 0. The first-order valence-electron chi connectivity index (χ1n) is 9.24. The maximum Gasteiger partial charge on any atom is 0.416 e. The molecule has 3 N–H and O–H groups in total. The van der Waals surface area contributed by atoms with E-state index in [9.17, 15) is 22.4 Å². The highest BCUT2D eigenvalue weighted by molar-refractivity contribution is 6.04. The molecule has 0 aliphatic heterocycles. The Bertz CT molecular complexity index is 1250. The molecule has 0 fully saturated rings. The van der Waals surface area contributed by atoms with E-state index in [1.165, 1.54) is 24.3 Å². The highest BCUT2D eigenvalue weighted by Crippen LogP contribution is 2.30. The molecule has 5 nitrogen and oxygen atoms in total. The van der Waals surface area contributed by atoms with E-state index in [1.54, 1.807) is 12.4 Å². The van der Waals surface area contributed by atoms with Gasteiger partial charge in [-0.2, -0.15) is 13.2 Å². The average molecular weight is 428 g/mol. The van der Waals surface area contributed by atoms with E-state index in [2.05, 4.69) is 20.6 Å². The summed E-state index contributed by atoms with van der Waals surface area (Å²) in [7, 11) is 0. The lowest BCUT2D eigenvalue weighted by Crippen LogP contribution is -2.14. The number of amides is 1. The number of aromatic amines is 1. The van der Waals surface area contributed by atoms with Crippen LogP contribution in [0.3, 0.4) is 0 Å². The Labute approximate surface area is 174 Å². The van der Waals surface area contributed by atoms with Gasteiger partial charge in [0.1, 0.15) is 11.5 Å². The first kappa shape index (κ1) is 20.4. The zero-order valence-electron chi connectivity index (χ0n) is 15.9. The van der Waals surface area contributed by atoms with Gasteiger partial charge < -0.3 is 15.6 Å². The van der Waals surface area contributed by atoms with Gasteiger partial charge in [-0.1, -0.05) is 6.07 Å². The zero-order valence-corrected chi connectivity index (χ0v) is 15.9. The van der Waals surface area contributed by atoms with Gasteiger partial charge in [-0.15, -0.1) is 0 Å². The third-order valence-corrected chi connectivity index (χ3v) is 4.64. The molecule has 2 aromatic carbocycles. The number of halogens is 4. The summed E-state index contributed by atoms with van der Waals surface area (Å²) in [5.74, 6) is -1.16. The Morgan fingerprint density at radius 3 is 2.68 bits per heavy atom. The van der Waals surface area contributed by atoms with Crippen LogP contribution in [0.15, 0.2) is 67.0 Å². The predicted molar refractivity (Wildman–Crippen MR) is 109 cm³/mol. The molecular formula is C22H16F4N4O. The number of H-pyrrole nitrogens is 1. The summed E-state index contributed by atoms with van der Waals surface area (Å²) in [5, 5.41) is 6.35. The maximum atomic E-state index is 14.2. The van der Waals surface area contributed by atoms with Crippen LogP contribution >= 0.6 is 0 Å². The van der Waals surface area contributed by atoms with Gasteiger partial charge in [0.25, 0.3) is 5.91 Å². The monoisotopic (exact) mass is 428 g/mol. The summed E-state index contributed by atoms with van der Waals surface area (Å²) in [6.45, 7) is 0.0914. The van der Waals surface area contributed by atoms with Gasteiger partial charge >= 0.3 is 6.18 Å². The van der Waals surface area contributed by atoms with Crippen LogP contribution in [-0.2, 0) is 12.7 Å². The molecule has 4 rings (SSSR count). The first-order valence-corrected chi connectivity index (χ1v) is 9.24. The standard InChI is InChI=1S/C22H16F4N4O/c23-19-5-4-14(21(31)30-17-3-1-2-16(10-17)22(24,25)26)8-15(19)11-28-18-9-13-6-7-27-20(13)29-12-18/h1-10,12,28H,11H2,(H,27,29)(H,30,31). The number of anilines is 2. The predicted octanol–water partition coefficient (Wildman–Crippen LogP) is 5.59. The van der Waals surface area contributed by atoms with Crippen molar-refractivity contribution in [3.05, 3.63) is 89.5 Å². The van der Waals surface area contributed by atoms with Crippen molar-refractivity contribution in [3.8, 4) is 0 Å². The van der Waals surface area contributed by atoms with Crippen molar-refractivity contribution in [2.45, 2.75) is 12.7 Å². The van der Waals surface area contributed by atoms with Crippen molar-refractivity contribution < 1.29 is 22.4 Å². The smallest absolute Gasteiger partial charge is 0.380 e. The number of nitrogens with one attached hydrogen (secondary N) is 3. The lowest BCUT2D eigenvalue weighted by molar-refractivity contribution is -0.137. The maximum absolute atomic E-state index is 14.2. The van der Waals surface area contributed by atoms with Crippen LogP contribution in [-0.4, -0.2) is 15.9 Å². The van der Waals surface area contributed by atoms with E-state index < -0.39 is 23.5 Å². The fraction of sp³-hybridized carbons (Fsp3) is 0.0909. The molecule has 0 saturated carbocycles. The molecule has 0 atom stereocenters. The van der Waals surface area contributed by atoms with Gasteiger partial charge in [0.2, 0.25) is 0 Å². The topological polar surface area (TPSA) is 69.8 Å². The number of benzene rings is 2. The number of hydrogen-bond donors (Lipinski definition) is 3. The molecule has 0 spiro atoms. The van der Waals surface area contributed by atoms with Crippen LogP contribution in [0.25, 0.3) is 11.0 Å². The van der Waals surface area contributed by atoms with Crippen molar-refractivity contribution in [1.29, 1.82) is 0 Å². The van der Waals surface area contributed by atoms with Gasteiger partial charge in [-0.3, -0.25) is 4.79 Å². The van der Waals surface area contributed by atoms with Crippen LogP contribution in [0.5, 0.6) is 0 Å². The quantitative estimate of drug-likeness (QED) is 0.363. The minimum atomic E-state index is -4.52. The van der Waals surface area contributed by atoms with Crippen LogP contribution in [0.4, 0.5) is 28.9 Å². The molecule has 0 unspecified atom stereocenters. The second kappa shape index (κ2) is 8.10. The van der Waals surface area contributed by atoms with Gasteiger partial charge in [-0.05, 0) is 48.5 Å². The number of pyridine rings is 1. The van der Waals surface area contributed by atoms with Crippen LogP contribution < -0.4 is 10.6 Å². The van der Waals surface area contributed by atoms with E-state index in [4.69, 9.17) is 0 Å². The van der Waals surface area contributed by atoms with E-state index in [1.807, 2.05) is 12.1 Å². The Hall–Kier alpha value is -3.88. The Morgan fingerprint density at radius 1 is 1.03 bits per heavy atom. The number of hydrogen-bond acceptors (Lipinski definition) is 3. The lowest BCUT2D eigenvalue weighted by Gasteiger charge is -2.11. The molecule has 4 aromatic rings. The molecule has 2 heterocycles. The highest BCUT2D eigenvalue weighted by atomic mass is 19.4. The third-order valence-electron chi connectivity index (χ3n) is 4.64. The van der Waals surface area contributed by atoms with E-state index in [0.29, 0.717) is 5.69 Å². The number of carbonyl (C=O) groups is 1. The number of carbonyl (C=O) groups excluding carboxylic acids is 1. The minimum absolute atomic E-state index is 0.00490. The molecular weight excluding hydrogens is 412 g/mol. The molecule has 1 amide bonds. The highest BCUT2D eigenvalue weighted by Gasteiger charge is 2.30. The van der Waals surface area contributed by atoms with Crippen molar-refractivity contribution in [3.63, 3.8) is 0 Å². The summed E-state index contributed by atoms with van der Waals surface area (Å²) in [5.41, 5.74) is 0.869. The fourth-order valence-corrected chi connectivity index (χ4v) is 3.06. The molecule has 9 heteroatoms. The minimum Gasteiger partial charge on any atom is -0.380 e. The largest absolute Gasteiger partial charge is 0.416 e. The molecule has 0 radical (unpaired) electrons. The number of fused-ring (bicyclic) bond motifs is 1. The zero-order chi connectivity index (χ0) is 22.0. The Balaban J connectivity index is 1.48. The molecule has 0 bridgehead atoms. The van der Waals surface area contributed by atoms with Crippen molar-refractivity contribution in [2.24, 2.45) is 0 Å². The second-order valence-corrected chi connectivity index (χ2v) is 6.83. The number of rotatable bonds is 5. The number of nitrogens with zero attached hydrogens (tertiary/aromatic N) is 1. The van der Waals surface area contributed by atoms with E-state index >= 15 is 0 Å². The van der Waals surface area contributed by atoms with Crippen LogP contribution in [0.2, 0.25) is 0 Å². The average Bonchev–Trinajstić information content (AvgIpc) is 3.20. The lowest BCUT2D eigenvalue weighted by atomic mass is 10.1. The van der Waals surface area contributed by atoms with Crippen molar-refractivity contribution in [2.75, 3.05) is 10.6 Å². The number of aromatic nitrogens is 2. The normalized spacial score (nSPS) is 11.5. The molecule has 0 aliphatic carbocycles. The van der Waals surface area contributed by atoms with Crippen LogP contribution in [0, 0.1) is 5.82 Å². The number of alkyl halides is 3. The molecule has 31 heavy (non-hydrogen) atoms. The second-order valence-electron chi connectivity index (χ2n) is 6.83. The SMILES string of the molecule is O=C(Nc1cccc(C(F)(F)F)c1)c1ccc(F)c(CNc2cnc3[nH]ccc3c2)c1. The van der Waals surface area contributed by atoms with E-state index in [-0.39, 0.29) is 23.4 Å². The molecule has 0 aliphatic rings. The van der Waals surface area contributed by atoms with Crippen LogP contribution in [0.1, 0.15) is 21.5 Å². The summed E-state index contributed by atoms with van der Waals surface area (Å²) < 4.78 is 52.8. The van der Waals surface area contributed by atoms with Crippen molar-refractivity contribution >= 4 is 28.3 Å². The van der Waals surface area contributed by atoms with E-state index in [0.717, 1.165) is 29.2 Å². The fourth-order valence-electron chi connectivity index (χ4n) is 3.06. The summed E-state index contributed by atoms with van der Waals surface area (Å²) in [4.78, 5) is 19.7. The van der Waals surface area contributed by atoms with Gasteiger partial charge in [0.15, 0.2) is 0 Å².